The summed E-state index contributed by atoms with van der Waals surface area (Å²) in [5.74, 6) is 0. The number of rotatable bonds is 4. The first-order valence-electron chi connectivity index (χ1n) is 5.93. The number of aryl methyl sites for hydroxylation is 2. The van der Waals surface area contributed by atoms with Gasteiger partial charge in [-0.25, -0.2) is 0 Å². The summed E-state index contributed by atoms with van der Waals surface area (Å²) in [5, 5.41) is 1.38. The van der Waals surface area contributed by atoms with Crippen molar-refractivity contribution in [3.05, 3.63) is 36.0 Å². The van der Waals surface area contributed by atoms with Crippen LogP contribution in [0, 0.1) is 0 Å². The van der Waals surface area contributed by atoms with E-state index in [0.29, 0.717) is 0 Å². The molecule has 0 aliphatic carbocycles. The molecule has 1 aromatic heterocycles. The van der Waals surface area contributed by atoms with Gasteiger partial charge < -0.3 is 4.57 Å². The average Bonchev–Trinajstić information content (AvgIpc) is 2.69. The number of aromatic nitrogens is 1. The molecule has 2 rings (SSSR count). The van der Waals surface area contributed by atoms with Crippen LogP contribution in [0.2, 0.25) is 0 Å². The van der Waals surface area contributed by atoms with Gasteiger partial charge >= 0.3 is 0 Å². The zero-order valence-electron chi connectivity index (χ0n) is 9.66. The molecular weight excluding hydrogens is 182 g/mol. The lowest BCUT2D eigenvalue weighted by Crippen LogP contribution is -1.97. The van der Waals surface area contributed by atoms with E-state index in [1.54, 1.807) is 0 Å². The van der Waals surface area contributed by atoms with Crippen molar-refractivity contribution in [3.8, 4) is 0 Å². The maximum Gasteiger partial charge on any atom is 0.0512 e. The SMILES string of the molecule is CCCCn1ccc2cccc(CC)c21. The topological polar surface area (TPSA) is 4.93 Å². The third kappa shape index (κ3) is 1.92. The minimum atomic E-state index is 1.12. The molecule has 0 bridgehead atoms. The van der Waals surface area contributed by atoms with Crippen LogP contribution in [0.3, 0.4) is 0 Å². The summed E-state index contributed by atoms with van der Waals surface area (Å²) in [4.78, 5) is 0. The smallest absolute Gasteiger partial charge is 0.0512 e. The van der Waals surface area contributed by atoms with Crippen molar-refractivity contribution >= 4 is 10.9 Å². The molecule has 0 unspecified atom stereocenters. The molecule has 0 saturated heterocycles. The second kappa shape index (κ2) is 4.52. The summed E-state index contributed by atoms with van der Waals surface area (Å²) in [6, 6.07) is 8.83. The van der Waals surface area contributed by atoms with Crippen LogP contribution in [0.1, 0.15) is 32.3 Å². The first-order valence-corrected chi connectivity index (χ1v) is 5.93. The van der Waals surface area contributed by atoms with Crippen molar-refractivity contribution in [2.75, 3.05) is 0 Å². The molecule has 0 atom stereocenters. The Hall–Kier alpha value is -1.24. The van der Waals surface area contributed by atoms with Crippen LogP contribution in [0.25, 0.3) is 10.9 Å². The maximum absolute atomic E-state index is 2.40. The molecule has 0 amide bonds. The van der Waals surface area contributed by atoms with Gasteiger partial charge in [0.1, 0.15) is 0 Å². The number of unbranched alkanes of at least 4 members (excludes halogenated alkanes) is 1. The van der Waals surface area contributed by atoms with Crippen LogP contribution in [-0.2, 0) is 13.0 Å². The van der Waals surface area contributed by atoms with E-state index in [9.17, 15) is 0 Å². The fourth-order valence-electron chi connectivity index (χ4n) is 2.14. The van der Waals surface area contributed by atoms with Crippen LogP contribution in [0.4, 0.5) is 0 Å². The standard InChI is InChI=1S/C14H19N/c1-3-5-10-15-11-9-13-8-6-7-12(4-2)14(13)15/h6-9,11H,3-5,10H2,1-2H3. The quantitative estimate of drug-likeness (QED) is 0.704. The largest absolute Gasteiger partial charge is 0.347 e. The van der Waals surface area contributed by atoms with Gasteiger partial charge in [-0.15, -0.1) is 0 Å². The summed E-state index contributed by atoms with van der Waals surface area (Å²) in [5.41, 5.74) is 2.90. The molecule has 1 nitrogen and oxygen atoms in total. The summed E-state index contributed by atoms with van der Waals surface area (Å²) < 4.78 is 2.40. The van der Waals surface area contributed by atoms with E-state index < -0.39 is 0 Å². The van der Waals surface area contributed by atoms with Crippen molar-refractivity contribution in [1.29, 1.82) is 0 Å². The van der Waals surface area contributed by atoms with Gasteiger partial charge in [-0.2, -0.15) is 0 Å². The molecular formula is C14H19N. The second-order valence-electron chi connectivity index (χ2n) is 4.07. The van der Waals surface area contributed by atoms with Crippen LogP contribution in [0.15, 0.2) is 30.5 Å². The molecule has 80 valence electrons. The lowest BCUT2D eigenvalue weighted by atomic mass is 10.1. The molecule has 15 heavy (non-hydrogen) atoms. The van der Waals surface area contributed by atoms with Crippen LogP contribution in [0.5, 0.6) is 0 Å². The fraction of sp³-hybridized carbons (Fsp3) is 0.429. The molecule has 0 aliphatic rings. The van der Waals surface area contributed by atoms with Gasteiger partial charge in [0.05, 0.1) is 5.52 Å². The summed E-state index contributed by atoms with van der Waals surface area (Å²) in [7, 11) is 0. The van der Waals surface area contributed by atoms with Crippen LogP contribution < -0.4 is 0 Å². The summed E-state index contributed by atoms with van der Waals surface area (Å²) >= 11 is 0. The molecule has 0 aliphatic heterocycles. The third-order valence-corrected chi connectivity index (χ3v) is 3.01. The highest BCUT2D eigenvalue weighted by molar-refractivity contribution is 5.83. The van der Waals surface area contributed by atoms with Crippen molar-refractivity contribution in [1.82, 2.24) is 4.57 Å². The molecule has 1 aromatic carbocycles. The summed E-state index contributed by atoms with van der Waals surface area (Å²) in [6.07, 6.45) is 5.86. The minimum Gasteiger partial charge on any atom is -0.347 e. The Morgan fingerprint density at radius 1 is 1.13 bits per heavy atom. The molecule has 1 heterocycles. The number of nitrogens with zero attached hydrogens (tertiary/aromatic N) is 1. The molecule has 0 radical (unpaired) electrons. The number of benzene rings is 1. The third-order valence-electron chi connectivity index (χ3n) is 3.01. The zero-order chi connectivity index (χ0) is 10.7. The van der Waals surface area contributed by atoms with Gasteiger partial charge in [0, 0.05) is 12.7 Å². The number of hydrogen-bond acceptors (Lipinski definition) is 0. The van der Waals surface area contributed by atoms with E-state index >= 15 is 0 Å². The Balaban J connectivity index is 2.46. The zero-order valence-corrected chi connectivity index (χ0v) is 9.66. The van der Waals surface area contributed by atoms with Gasteiger partial charge in [0.2, 0.25) is 0 Å². The van der Waals surface area contributed by atoms with E-state index in [2.05, 4.69) is 48.9 Å². The molecule has 0 N–H and O–H groups in total. The first kappa shape index (κ1) is 10.3. The lowest BCUT2D eigenvalue weighted by Gasteiger charge is -2.07. The van der Waals surface area contributed by atoms with Crippen LogP contribution >= 0.6 is 0 Å². The number of fused-ring (bicyclic) bond motifs is 1. The van der Waals surface area contributed by atoms with Gasteiger partial charge in [-0.05, 0) is 29.9 Å². The second-order valence-corrected chi connectivity index (χ2v) is 4.07. The molecule has 0 saturated carbocycles. The minimum absolute atomic E-state index is 1.12. The van der Waals surface area contributed by atoms with E-state index in [-0.39, 0.29) is 0 Å². The van der Waals surface area contributed by atoms with Gasteiger partial charge in [-0.1, -0.05) is 38.5 Å². The fourth-order valence-corrected chi connectivity index (χ4v) is 2.14. The van der Waals surface area contributed by atoms with E-state index in [1.165, 1.54) is 29.3 Å². The average molecular weight is 201 g/mol. The Labute approximate surface area is 91.7 Å². The highest BCUT2D eigenvalue weighted by Gasteiger charge is 2.04. The number of hydrogen-bond donors (Lipinski definition) is 0. The lowest BCUT2D eigenvalue weighted by molar-refractivity contribution is 0.649. The molecule has 1 heteroatoms. The predicted octanol–water partition coefficient (Wildman–Crippen LogP) is 4.00. The van der Waals surface area contributed by atoms with E-state index in [0.717, 1.165) is 13.0 Å². The van der Waals surface area contributed by atoms with Crippen molar-refractivity contribution in [3.63, 3.8) is 0 Å². The molecule has 2 aromatic rings. The Morgan fingerprint density at radius 2 is 2.00 bits per heavy atom. The normalized spacial score (nSPS) is 11.1. The van der Waals surface area contributed by atoms with Crippen molar-refractivity contribution < 1.29 is 0 Å². The van der Waals surface area contributed by atoms with Gasteiger partial charge in [0.15, 0.2) is 0 Å². The Kier molecular flexibility index (Phi) is 3.10. The molecule has 0 fully saturated rings. The van der Waals surface area contributed by atoms with Gasteiger partial charge in [-0.3, -0.25) is 0 Å². The summed E-state index contributed by atoms with van der Waals surface area (Å²) in [6.45, 7) is 5.62. The highest BCUT2D eigenvalue weighted by Crippen LogP contribution is 2.21. The Morgan fingerprint density at radius 3 is 2.73 bits per heavy atom. The van der Waals surface area contributed by atoms with Crippen molar-refractivity contribution in [2.45, 2.75) is 39.7 Å². The maximum atomic E-state index is 2.40. The predicted molar refractivity (Wildman–Crippen MR) is 66.2 cm³/mol. The molecule has 0 spiro atoms. The number of para-hydroxylation sites is 1. The monoisotopic (exact) mass is 201 g/mol. The van der Waals surface area contributed by atoms with E-state index in [1.807, 2.05) is 0 Å². The first-order chi connectivity index (χ1) is 7.36. The van der Waals surface area contributed by atoms with Crippen LogP contribution in [-0.4, -0.2) is 4.57 Å². The Bertz CT molecular complexity index is 440. The van der Waals surface area contributed by atoms with E-state index in [4.69, 9.17) is 0 Å². The highest BCUT2D eigenvalue weighted by atomic mass is 14.9. The van der Waals surface area contributed by atoms with Crippen molar-refractivity contribution in [2.24, 2.45) is 0 Å². The van der Waals surface area contributed by atoms with Gasteiger partial charge in [0.25, 0.3) is 0 Å².